The molecule has 4 N–H and O–H groups in total. The summed E-state index contributed by atoms with van der Waals surface area (Å²) in [7, 11) is 0. The minimum absolute atomic E-state index is 0.00660. The molecule has 158 valence electrons. The van der Waals surface area contributed by atoms with Gasteiger partial charge < -0.3 is 21.1 Å². The smallest absolute Gasteiger partial charge is 0.327 e. The van der Waals surface area contributed by atoms with Crippen molar-refractivity contribution in [2.24, 2.45) is 5.73 Å². The van der Waals surface area contributed by atoms with Gasteiger partial charge in [0.15, 0.2) is 0 Å². The molecule has 1 aromatic rings. The van der Waals surface area contributed by atoms with Crippen molar-refractivity contribution in [3.8, 4) is 0 Å². The highest BCUT2D eigenvalue weighted by atomic mass is 32.2. The molecule has 0 spiro atoms. The van der Waals surface area contributed by atoms with Gasteiger partial charge in [-0.1, -0.05) is 45.0 Å². The lowest BCUT2D eigenvalue weighted by Gasteiger charge is -2.51. The van der Waals surface area contributed by atoms with Gasteiger partial charge in [0.1, 0.15) is 23.0 Å². The number of hydrogen-bond donors (Lipinski definition) is 3. The molecule has 2 fully saturated rings. The molecule has 29 heavy (non-hydrogen) atoms. The highest BCUT2D eigenvalue weighted by Gasteiger charge is 2.70. The lowest BCUT2D eigenvalue weighted by atomic mass is 9.85. The first-order valence-corrected chi connectivity index (χ1v) is 10.5. The van der Waals surface area contributed by atoms with Crippen molar-refractivity contribution in [2.45, 2.75) is 74.7 Å². The van der Waals surface area contributed by atoms with E-state index in [1.54, 1.807) is 20.8 Å². The molecule has 7 nitrogen and oxygen atoms in total. The fourth-order valence-electron chi connectivity index (χ4n) is 4.01. The monoisotopic (exact) mass is 419 g/mol. The molecule has 1 aromatic carbocycles. The molecule has 8 heteroatoms. The second-order valence-corrected chi connectivity index (χ2v) is 11.3. The molecule has 3 rings (SSSR count). The number of hydrogen-bond acceptors (Lipinski definition) is 5. The largest absolute Gasteiger partial charge is 0.480 e. The second-order valence-electron chi connectivity index (χ2n) is 9.57. The van der Waals surface area contributed by atoms with Crippen LogP contribution in [0.15, 0.2) is 24.3 Å². The Labute approximate surface area is 175 Å². The summed E-state index contributed by atoms with van der Waals surface area (Å²) >= 11 is 1.39. The number of carbonyl (C=O) groups is 3. The van der Waals surface area contributed by atoms with E-state index in [1.807, 2.05) is 24.3 Å². The van der Waals surface area contributed by atoms with Crippen LogP contribution in [0.2, 0.25) is 0 Å². The molecule has 2 aliphatic rings. The summed E-state index contributed by atoms with van der Waals surface area (Å²) in [6, 6.07) is 5.72. The van der Waals surface area contributed by atoms with Gasteiger partial charge in [0, 0.05) is 4.75 Å². The Bertz CT molecular complexity index is 862. The Morgan fingerprint density at radius 3 is 2.24 bits per heavy atom. The molecular weight excluding hydrogens is 390 g/mol. The first-order valence-electron chi connectivity index (χ1n) is 9.61. The lowest BCUT2D eigenvalue weighted by Crippen LogP contribution is -2.78. The van der Waals surface area contributed by atoms with Crippen molar-refractivity contribution in [1.82, 2.24) is 10.2 Å². The van der Waals surface area contributed by atoms with Gasteiger partial charge >= 0.3 is 5.97 Å². The van der Waals surface area contributed by atoms with E-state index in [1.165, 1.54) is 16.7 Å². The number of rotatable bonds is 4. The number of carboxylic acid groups (broad SMARTS) is 1. The molecule has 0 aliphatic carbocycles. The van der Waals surface area contributed by atoms with Crippen LogP contribution in [0, 0.1) is 0 Å². The van der Waals surface area contributed by atoms with Crippen LogP contribution in [-0.2, 0) is 19.8 Å². The Balaban J connectivity index is 1.76. The van der Waals surface area contributed by atoms with E-state index in [0.29, 0.717) is 5.56 Å². The number of fused-ring (bicyclic) bond motifs is 1. The van der Waals surface area contributed by atoms with Gasteiger partial charge in [-0.15, -0.1) is 11.8 Å². The number of carbonyl (C=O) groups excluding carboxylic acids is 2. The average molecular weight is 420 g/mol. The molecular formula is C21H29N3O4S. The van der Waals surface area contributed by atoms with E-state index >= 15 is 0 Å². The lowest BCUT2D eigenvalue weighted by molar-refractivity contribution is -0.168. The Morgan fingerprint density at radius 1 is 1.21 bits per heavy atom. The molecule has 1 unspecified atom stereocenters. The van der Waals surface area contributed by atoms with E-state index in [4.69, 9.17) is 5.73 Å². The second kappa shape index (κ2) is 6.74. The molecule has 4 atom stereocenters. The summed E-state index contributed by atoms with van der Waals surface area (Å²) in [6.45, 7) is 11.6. The van der Waals surface area contributed by atoms with Crippen LogP contribution < -0.4 is 11.1 Å². The summed E-state index contributed by atoms with van der Waals surface area (Å²) in [5.74, 6) is -1.89. The molecule has 0 saturated carbocycles. The third-order valence-electron chi connectivity index (χ3n) is 5.81. The van der Waals surface area contributed by atoms with Crippen LogP contribution in [-0.4, -0.2) is 49.5 Å². The van der Waals surface area contributed by atoms with Crippen molar-refractivity contribution in [3.63, 3.8) is 0 Å². The molecule has 0 radical (unpaired) electrons. The van der Waals surface area contributed by atoms with Crippen molar-refractivity contribution >= 4 is 29.5 Å². The van der Waals surface area contributed by atoms with Crippen molar-refractivity contribution in [2.75, 3.05) is 0 Å². The van der Waals surface area contributed by atoms with Crippen LogP contribution in [0.5, 0.6) is 0 Å². The predicted octanol–water partition coefficient (Wildman–Crippen LogP) is 2.01. The topological polar surface area (TPSA) is 113 Å². The molecule has 2 amide bonds. The number of carboxylic acids is 1. The highest BCUT2D eigenvalue weighted by Crippen LogP contribution is 2.54. The molecule has 2 aliphatic heterocycles. The summed E-state index contributed by atoms with van der Waals surface area (Å²) in [4.78, 5) is 38.6. The van der Waals surface area contributed by atoms with Gasteiger partial charge in [-0.3, -0.25) is 9.59 Å². The van der Waals surface area contributed by atoms with Gasteiger partial charge in [-0.25, -0.2) is 4.79 Å². The number of nitrogens with one attached hydrogen (secondary N) is 1. The minimum atomic E-state index is -1.17. The minimum Gasteiger partial charge on any atom is -0.480 e. The molecule has 0 bridgehead atoms. The SMILES string of the molecule is CC(C)(C)c1ccc(C(N)C(=O)N[C@@]2(C)C(=O)N3[C@@H](C(=O)O)C(C)(C)S[C@@H]32)cc1. The normalized spacial score (nSPS) is 29.1. The fourth-order valence-corrected chi connectivity index (χ4v) is 5.66. The highest BCUT2D eigenvalue weighted by molar-refractivity contribution is 8.01. The predicted molar refractivity (Wildman–Crippen MR) is 112 cm³/mol. The molecule has 2 saturated heterocycles. The fraction of sp³-hybridized carbons (Fsp3) is 0.571. The molecule has 0 aromatic heterocycles. The van der Waals surface area contributed by atoms with E-state index in [2.05, 4.69) is 26.1 Å². The summed E-state index contributed by atoms with van der Waals surface area (Å²) in [6.07, 6.45) is 0. The standard InChI is InChI=1S/C21H29N3O4S/c1-19(2,3)12-9-7-11(8-10-12)13(22)15(25)23-21(6)17(28)24-14(16(26)27)20(4,5)29-18(21)24/h7-10,13-14,18H,22H2,1-6H3,(H,23,25)(H,26,27)/t13?,14-,18+,21-/m0/s1. The third kappa shape index (κ3) is 3.42. The number of benzene rings is 1. The zero-order valence-electron chi connectivity index (χ0n) is 17.6. The zero-order chi connectivity index (χ0) is 21.9. The first-order chi connectivity index (χ1) is 13.2. The van der Waals surface area contributed by atoms with E-state index in [9.17, 15) is 19.5 Å². The van der Waals surface area contributed by atoms with Crippen molar-refractivity contribution in [3.05, 3.63) is 35.4 Å². The van der Waals surface area contributed by atoms with Gasteiger partial charge in [-0.05, 0) is 37.3 Å². The van der Waals surface area contributed by atoms with Gasteiger partial charge in [-0.2, -0.15) is 0 Å². The maximum atomic E-state index is 12.8. The average Bonchev–Trinajstić information content (AvgIpc) is 2.89. The van der Waals surface area contributed by atoms with Crippen LogP contribution in [0.25, 0.3) is 0 Å². The maximum absolute atomic E-state index is 12.8. The molecule has 2 heterocycles. The zero-order valence-corrected chi connectivity index (χ0v) is 18.5. The van der Waals surface area contributed by atoms with Crippen LogP contribution in [0.1, 0.15) is 58.7 Å². The number of nitrogens with zero attached hydrogens (tertiary/aromatic N) is 1. The number of aliphatic carboxylic acids is 1. The summed E-state index contributed by atoms with van der Waals surface area (Å²) in [5.41, 5.74) is 6.77. The third-order valence-corrected chi connectivity index (χ3v) is 7.56. The Hall–Kier alpha value is -2.06. The van der Waals surface area contributed by atoms with Crippen LogP contribution in [0.4, 0.5) is 0 Å². The number of amides is 2. The first kappa shape index (κ1) is 21.6. The maximum Gasteiger partial charge on any atom is 0.327 e. The van der Waals surface area contributed by atoms with Gasteiger partial charge in [0.2, 0.25) is 5.91 Å². The summed E-state index contributed by atoms with van der Waals surface area (Å²) < 4.78 is -0.653. The van der Waals surface area contributed by atoms with Crippen LogP contribution in [0.3, 0.4) is 0 Å². The quantitative estimate of drug-likeness (QED) is 0.644. The Kier molecular flexibility index (Phi) is 5.03. The number of β-lactam (4-membered cyclic amide) rings is 1. The number of thioether (sulfide) groups is 1. The van der Waals surface area contributed by atoms with E-state index in [0.717, 1.165) is 5.56 Å². The summed E-state index contributed by atoms with van der Waals surface area (Å²) in [5, 5.41) is 11.9. The van der Waals surface area contributed by atoms with Gasteiger partial charge in [0.25, 0.3) is 5.91 Å². The Morgan fingerprint density at radius 2 is 1.76 bits per heavy atom. The van der Waals surface area contributed by atoms with Gasteiger partial charge in [0.05, 0.1) is 0 Å². The van der Waals surface area contributed by atoms with Crippen molar-refractivity contribution < 1.29 is 19.5 Å². The van der Waals surface area contributed by atoms with Crippen LogP contribution >= 0.6 is 11.8 Å². The number of nitrogens with two attached hydrogens (primary N) is 1. The van der Waals surface area contributed by atoms with Crippen molar-refractivity contribution in [1.29, 1.82) is 0 Å². The van der Waals surface area contributed by atoms with E-state index in [-0.39, 0.29) is 5.41 Å². The van der Waals surface area contributed by atoms with E-state index < -0.39 is 45.5 Å².